The average molecular weight is 342 g/mol. The first-order chi connectivity index (χ1) is 10.9. The van der Waals surface area contributed by atoms with Crippen molar-refractivity contribution < 1.29 is 17.7 Å². The molecule has 0 bridgehead atoms. The van der Waals surface area contributed by atoms with E-state index in [0.717, 1.165) is 31.6 Å². The number of likely N-dealkylation sites (tertiary alicyclic amines) is 1. The van der Waals surface area contributed by atoms with Gasteiger partial charge in [-0.25, -0.2) is 0 Å². The van der Waals surface area contributed by atoms with Crippen molar-refractivity contribution in [2.75, 3.05) is 26.0 Å². The molecule has 2 heterocycles. The minimum absolute atomic E-state index is 0.202. The molecule has 1 aliphatic heterocycles. The lowest BCUT2D eigenvalue weighted by molar-refractivity contribution is 0.103. The molecular formula is C16H26N2O4S. The lowest BCUT2D eigenvalue weighted by Gasteiger charge is -2.26. The summed E-state index contributed by atoms with van der Waals surface area (Å²) in [5, 5.41) is 9.78. The highest BCUT2D eigenvalue weighted by Crippen LogP contribution is 2.14. The minimum Gasteiger partial charge on any atom is -0.391 e. The highest BCUT2D eigenvalue weighted by Gasteiger charge is 2.12. The van der Waals surface area contributed by atoms with Crippen LogP contribution in [0.4, 0.5) is 0 Å². The summed E-state index contributed by atoms with van der Waals surface area (Å²) in [6, 6.07) is 4.10. The predicted octanol–water partition coefficient (Wildman–Crippen LogP) is 1.34. The molecule has 1 aromatic rings. The fourth-order valence-corrected chi connectivity index (χ4v) is 3.14. The van der Waals surface area contributed by atoms with Crippen LogP contribution < -0.4 is 0 Å². The molecule has 0 amide bonds. The summed E-state index contributed by atoms with van der Waals surface area (Å²) in [5.41, 5.74) is 2.15. The standard InChI is InChI=1S/C16H26N2O4S/c1-23(20,21)22-13-16(19)6-5-15-11-14(7-8-17-15)12-18-9-3-2-4-10-18/h7-8,11,16,19H,2-6,9-10,12-13H2,1H3. The fourth-order valence-electron chi connectivity index (χ4n) is 2.74. The molecule has 1 atom stereocenters. The van der Waals surface area contributed by atoms with Gasteiger partial charge in [0, 0.05) is 18.4 Å². The van der Waals surface area contributed by atoms with Crippen molar-refractivity contribution in [2.45, 2.75) is 44.8 Å². The van der Waals surface area contributed by atoms with E-state index in [0.29, 0.717) is 12.8 Å². The first-order valence-electron chi connectivity index (χ1n) is 8.11. The number of aliphatic hydroxyl groups is 1. The van der Waals surface area contributed by atoms with Crippen LogP contribution in [0.3, 0.4) is 0 Å². The molecule has 2 rings (SSSR count). The van der Waals surface area contributed by atoms with Gasteiger partial charge >= 0.3 is 0 Å². The van der Waals surface area contributed by atoms with Crippen molar-refractivity contribution in [3.8, 4) is 0 Å². The predicted molar refractivity (Wildman–Crippen MR) is 88.5 cm³/mol. The fraction of sp³-hybridized carbons (Fsp3) is 0.688. The number of piperidine rings is 1. The molecule has 130 valence electrons. The third kappa shape index (κ3) is 7.39. The monoisotopic (exact) mass is 342 g/mol. The van der Waals surface area contributed by atoms with Gasteiger partial charge < -0.3 is 5.11 Å². The van der Waals surface area contributed by atoms with Crippen LogP contribution in [-0.2, 0) is 27.3 Å². The van der Waals surface area contributed by atoms with Crippen molar-refractivity contribution in [3.05, 3.63) is 29.6 Å². The normalized spacial score (nSPS) is 18.0. The molecule has 0 radical (unpaired) electrons. The Balaban J connectivity index is 1.80. The zero-order valence-corrected chi connectivity index (χ0v) is 14.5. The summed E-state index contributed by atoms with van der Waals surface area (Å²) in [7, 11) is -3.51. The van der Waals surface area contributed by atoms with Gasteiger partial charge in [-0.3, -0.25) is 14.1 Å². The molecule has 0 aliphatic carbocycles. The molecule has 1 N–H and O–H groups in total. The second kappa shape index (κ2) is 8.73. The van der Waals surface area contributed by atoms with E-state index in [1.807, 2.05) is 6.07 Å². The Hall–Kier alpha value is -1.02. The van der Waals surface area contributed by atoms with Gasteiger partial charge in [0.25, 0.3) is 10.1 Å². The van der Waals surface area contributed by atoms with Crippen LogP contribution in [-0.4, -0.2) is 55.5 Å². The summed E-state index contributed by atoms with van der Waals surface area (Å²) >= 11 is 0. The van der Waals surface area contributed by atoms with E-state index in [1.54, 1.807) is 6.20 Å². The zero-order chi connectivity index (χ0) is 16.7. The molecule has 7 heteroatoms. The number of rotatable bonds is 8. The molecule has 0 spiro atoms. The van der Waals surface area contributed by atoms with E-state index < -0.39 is 16.2 Å². The Morgan fingerprint density at radius 2 is 2.09 bits per heavy atom. The number of hydrogen-bond donors (Lipinski definition) is 1. The van der Waals surface area contributed by atoms with E-state index in [9.17, 15) is 13.5 Å². The lowest BCUT2D eigenvalue weighted by Crippen LogP contribution is -2.29. The molecule has 6 nitrogen and oxygen atoms in total. The van der Waals surface area contributed by atoms with Gasteiger partial charge in [0.2, 0.25) is 0 Å². The van der Waals surface area contributed by atoms with Gasteiger partial charge in [-0.1, -0.05) is 6.42 Å². The van der Waals surface area contributed by atoms with Crippen molar-refractivity contribution in [1.29, 1.82) is 0 Å². The Morgan fingerprint density at radius 1 is 1.35 bits per heavy atom. The molecule has 1 unspecified atom stereocenters. The Morgan fingerprint density at radius 3 is 2.78 bits per heavy atom. The lowest BCUT2D eigenvalue weighted by atomic mass is 10.1. The molecule has 0 aromatic carbocycles. The summed E-state index contributed by atoms with van der Waals surface area (Å²) < 4.78 is 26.4. The second-order valence-corrected chi connectivity index (χ2v) is 7.82. The van der Waals surface area contributed by atoms with E-state index >= 15 is 0 Å². The highest BCUT2D eigenvalue weighted by molar-refractivity contribution is 7.85. The number of nitrogens with zero attached hydrogens (tertiary/aromatic N) is 2. The van der Waals surface area contributed by atoms with E-state index in [4.69, 9.17) is 0 Å². The van der Waals surface area contributed by atoms with Gasteiger partial charge in [-0.2, -0.15) is 8.42 Å². The van der Waals surface area contributed by atoms with E-state index in [-0.39, 0.29) is 6.61 Å². The first kappa shape index (κ1) is 18.3. The number of aryl methyl sites for hydroxylation is 1. The van der Waals surface area contributed by atoms with Crippen LogP contribution in [0.15, 0.2) is 18.3 Å². The maximum absolute atomic E-state index is 10.9. The number of pyridine rings is 1. The third-order valence-electron chi connectivity index (χ3n) is 3.94. The molecule has 23 heavy (non-hydrogen) atoms. The largest absolute Gasteiger partial charge is 0.391 e. The Kier molecular flexibility index (Phi) is 6.95. The van der Waals surface area contributed by atoms with Crippen LogP contribution in [0.25, 0.3) is 0 Å². The second-order valence-electron chi connectivity index (χ2n) is 6.17. The van der Waals surface area contributed by atoms with Crippen molar-refractivity contribution >= 4 is 10.1 Å². The first-order valence-corrected chi connectivity index (χ1v) is 9.93. The van der Waals surface area contributed by atoms with Gasteiger partial charge in [0.1, 0.15) is 0 Å². The zero-order valence-electron chi connectivity index (χ0n) is 13.6. The quantitative estimate of drug-likeness (QED) is 0.718. The van der Waals surface area contributed by atoms with Crippen LogP contribution in [0.1, 0.15) is 36.9 Å². The smallest absolute Gasteiger partial charge is 0.264 e. The van der Waals surface area contributed by atoms with Crippen LogP contribution in [0.2, 0.25) is 0 Å². The summed E-state index contributed by atoms with van der Waals surface area (Å²) in [6.07, 6.45) is 6.86. The Bertz CT molecular complexity index is 585. The SMILES string of the molecule is CS(=O)(=O)OCC(O)CCc1cc(CN2CCCCC2)ccn1. The Labute approximate surface area is 138 Å². The summed E-state index contributed by atoms with van der Waals surface area (Å²) in [4.78, 5) is 6.78. The van der Waals surface area contributed by atoms with E-state index in [2.05, 4.69) is 20.1 Å². The van der Waals surface area contributed by atoms with Gasteiger partial charge in [0.05, 0.1) is 19.0 Å². The molecule has 1 saturated heterocycles. The maximum atomic E-state index is 10.9. The van der Waals surface area contributed by atoms with Gasteiger partial charge in [-0.05, 0) is 56.5 Å². The maximum Gasteiger partial charge on any atom is 0.264 e. The van der Waals surface area contributed by atoms with Crippen molar-refractivity contribution in [2.24, 2.45) is 0 Å². The van der Waals surface area contributed by atoms with E-state index in [1.165, 1.54) is 24.8 Å². The average Bonchev–Trinajstić information content (AvgIpc) is 2.52. The molecule has 1 fully saturated rings. The van der Waals surface area contributed by atoms with Gasteiger partial charge in [0.15, 0.2) is 0 Å². The summed E-state index contributed by atoms with van der Waals surface area (Å²) in [5.74, 6) is 0. The number of aliphatic hydroxyl groups excluding tert-OH is 1. The number of hydrogen-bond acceptors (Lipinski definition) is 6. The van der Waals surface area contributed by atoms with Gasteiger partial charge in [-0.15, -0.1) is 0 Å². The van der Waals surface area contributed by atoms with Crippen LogP contribution >= 0.6 is 0 Å². The highest BCUT2D eigenvalue weighted by atomic mass is 32.2. The van der Waals surface area contributed by atoms with Crippen molar-refractivity contribution in [3.63, 3.8) is 0 Å². The molecule has 1 aliphatic rings. The minimum atomic E-state index is -3.51. The topological polar surface area (TPSA) is 79.7 Å². The molecule has 0 saturated carbocycles. The number of aromatic nitrogens is 1. The third-order valence-corrected chi connectivity index (χ3v) is 4.51. The van der Waals surface area contributed by atoms with Crippen LogP contribution in [0, 0.1) is 0 Å². The molecular weight excluding hydrogens is 316 g/mol. The molecule has 1 aromatic heterocycles. The van der Waals surface area contributed by atoms with Crippen molar-refractivity contribution in [1.82, 2.24) is 9.88 Å². The summed E-state index contributed by atoms with van der Waals surface area (Å²) in [6.45, 7) is 3.04. The van der Waals surface area contributed by atoms with Crippen LogP contribution in [0.5, 0.6) is 0 Å².